The average Bonchev–Trinajstić information content (AvgIpc) is 2.12. The molecule has 0 aromatic rings. The second kappa shape index (κ2) is 2.85. The van der Waals surface area contributed by atoms with Gasteiger partial charge in [0.1, 0.15) is 0 Å². The van der Waals surface area contributed by atoms with Crippen LogP contribution in [0, 0.1) is 5.92 Å². The molecule has 0 amide bonds. The fourth-order valence-corrected chi connectivity index (χ4v) is 1.72. The summed E-state index contributed by atoms with van der Waals surface area (Å²) in [5, 5.41) is 0. The minimum atomic E-state index is -2.44. The molecule has 0 aliphatic heterocycles. The molecule has 2 heteroatoms. The van der Waals surface area contributed by atoms with Crippen molar-refractivity contribution in [2.45, 2.75) is 45.0 Å². The van der Waals surface area contributed by atoms with Crippen molar-refractivity contribution in [3.63, 3.8) is 0 Å². The first-order chi connectivity index (χ1) is 4.58. The van der Waals surface area contributed by atoms with Gasteiger partial charge in [-0.15, -0.1) is 0 Å². The van der Waals surface area contributed by atoms with Crippen molar-refractivity contribution in [1.82, 2.24) is 0 Å². The fourth-order valence-electron chi connectivity index (χ4n) is 1.72. The van der Waals surface area contributed by atoms with Crippen molar-refractivity contribution in [3.05, 3.63) is 0 Å². The Kier molecular flexibility index (Phi) is 2.27. The number of alkyl halides is 2. The number of hydrogen-bond acceptors (Lipinski definition) is 0. The summed E-state index contributed by atoms with van der Waals surface area (Å²) in [4.78, 5) is 0. The van der Waals surface area contributed by atoms with E-state index in [0.717, 1.165) is 32.6 Å². The maximum atomic E-state index is 12.4. The molecular formula is C8H14F2. The lowest BCUT2D eigenvalue weighted by Crippen LogP contribution is -2.14. The van der Waals surface area contributed by atoms with Crippen LogP contribution in [0.4, 0.5) is 8.78 Å². The highest BCUT2D eigenvalue weighted by atomic mass is 19.3. The maximum Gasteiger partial charge on any atom is 0.245 e. The second-order valence-electron chi connectivity index (χ2n) is 3.42. The normalized spacial score (nSPS) is 21.9. The Balaban J connectivity index is 2.24. The predicted molar refractivity (Wildman–Crippen MR) is 37.2 cm³/mol. The zero-order chi connectivity index (χ0) is 7.61. The molecule has 0 nitrogen and oxygen atoms in total. The molecule has 0 spiro atoms. The lowest BCUT2D eigenvalue weighted by Gasteiger charge is -2.14. The van der Waals surface area contributed by atoms with Gasteiger partial charge in [0.25, 0.3) is 0 Å². The molecule has 1 aliphatic rings. The highest BCUT2D eigenvalue weighted by Gasteiger charge is 2.28. The van der Waals surface area contributed by atoms with Crippen molar-refractivity contribution in [2.75, 3.05) is 0 Å². The SMILES string of the molecule is CC(F)(F)CC1CCCC1. The Morgan fingerprint density at radius 2 is 1.80 bits per heavy atom. The van der Waals surface area contributed by atoms with Gasteiger partial charge in [-0.1, -0.05) is 25.7 Å². The van der Waals surface area contributed by atoms with Crippen molar-refractivity contribution in [1.29, 1.82) is 0 Å². The molecule has 1 rings (SSSR count). The molecule has 1 fully saturated rings. The summed E-state index contributed by atoms with van der Waals surface area (Å²) in [5.74, 6) is -2.13. The van der Waals surface area contributed by atoms with Crippen LogP contribution in [0.5, 0.6) is 0 Å². The van der Waals surface area contributed by atoms with Crippen LogP contribution < -0.4 is 0 Å². The summed E-state index contributed by atoms with van der Waals surface area (Å²) in [6.45, 7) is 1.02. The maximum absolute atomic E-state index is 12.4. The van der Waals surface area contributed by atoms with Crippen molar-refractivity contribution >= 4 is 0 Å². The van der Waals surface area contributed by atoms with Crippen LogP contribution in [-0.2, 0) is 0 Å². The number of halogens is 2. The molecular weight excluding hydrogens is 134 g/mol. The Bertz CT molecular complexity index is 98.3. The molecule has 0 aromatic heterocycles. The van der Waals surface area contributed by atoms with E-state index in [1.165, 1.54) is 0 Å². The van der Waals surface area contributed by atoms with Gasteiger partial charge in [0.05, 0.1) is 0 Å². The predicted octanol–water partition coefficient (Wildman–Crippen LogP) is 3.22. The molecule has 1 aliphatic carbocycles. The van der Waals surface area contributed by atoms with Gasteiger partial charge in [0.15, 0.2) is 0 Å². The summed E-state index contributed by atoms with van der Waals surface area (Å²) < 4.78 is 24.7. The van der Waals surface area contributed by atoms with Gasteiger partial charge in [-0.25, -0.2) is 8.78 Å². The van der Waals surface area contributed by atoms with Gasteiger partial charge in [-0.05, 0) is 12.8 Å². The van der Waals surface area contributed by atoms with Gasteiger partial charge in [0, 0.05) is 6.42 Å². The molecule has 0 saturated heterocycles. The quantitative estimate of drug-likeness (QED) is 0.564. The Hall–Kier alpha value is -0.140. The summed E-state index contributed by atoms with van der Waals surface area (Å²) in [5.41, 5.74) is 0. The van der Waals surface area contributed by atoms with E-state index < -0.39 is 5.92 Å². The van der Waals surface area contributed by atoms with E-state index in [9.17, 15) is 8.78 Å². The van der Waals surface area contributed by atoms with E-state index in [1.54, 1.807) is 0 Å². The minimum Gasteiger partial charge on any atom is -0.207 e. The number of hydrogen-bond donors (Lipinski definition) is 0. The van der Waals surface area contributed by atoms with Crippen LogP contribution in [-0.4, -0.2) is 5.92 Å². The summed E-state index contributed by atoms with van der Waals surface area (Å²) in [6, 6.07) is 0. The smallest absolute Gasteiger partial charge is 0.207 e. The van der Waals surface area contributed by atoms with E-state index in [-0.39, 0.29) is 6.42 Å². The van der Waals surface area contributed by atoms with Gasteiger partial charge < -0.3 is 0 Å². The standard InChI is InChI=1S/C8H14F2/c1-8(9,10)6-7-4-2-3-5-7/h7H,2-6H2,1H3. The first-order valence-corrected chi connectivity index (χ1v) is 3.96. The van der Waals surface area contributed by atoms with Gasteiger partial charge in [0.2, 0.25) is 5.92 Å². The van der Waals surface area contributed by atoms with E-state index in [2.05, 4.69) is 0 Å². The van der Waals surface area contributed by atoms with Gasteiger partial charge in [-0.2, -0.15) is 0 Å². The average molecular weight is 148 g/mol. The van der Waals surface area contributed by atoms with Crippen LogP contribution in [0.1, 0.15) is 39.0 Å². The minimum absolute atomic E-state index is 0.104. The van der Waals surface area contributed by atoms with Crippen molar-refractivity contribution in [2.24, 2.45) is 5.92 Å². The van der Waals surface area contributed by atoms with Crippen LogP contribution in [0.2, 0.25) is 0 Å². The van der Waals surface area contributed by atoms with Crippen LogP contribution >= 0.6 is 0 Å². The second-order valence-corrected chi connectivity index (χ2v) is 3.42. The molecule has 0 radical (unpaired) electrons. The summed E-state index contributed by atoms with van der Waals surface area (Å²) in [6.07, 6.45) is 4.45. The van der Waals surface area contributed by atoms with E-state index in [0.29, 0.717) is 5.92 Å². The highest BCUT2D eigenvalue weighted by molar-refractivity contribution is 4.72. The molecule has 0 aromatic carbocycles. The zero-order valence-corrected chi connectivity index (χ0v) is 6.37. The van der Waals surface area contributed by atoms with Crippen LogP contribution in [0.15, 0.2) is 0 Å². The third kappa shape index (κ3) is 2.63. The van der Waals surface area contributed by atoms with E-state index >= 15 is 0 Å². The molecule has 0 heterocycles. The molecule has 10 heavy (non-hydrogen) atoms. The molecule has 1 saturated carbocycles. The van der Waals surface area contributed by atoms with Crippen LogP contribution in [0.3, 0.4) is 0 Å². The lowest BCUT2D eigenvalue weighted by atomic mass is 10.0. The van der Waals surface area contributed by atoms with Gasteiger partial charge in [-0.3, -0.25) is 0 Å². The Labute approximate surface area is 60.6 Å². The fraction of sp³-hybridized carbons (Fsp3) is 1.00. The summed E-state index contributed by atoms with van der Waals surface area (Å²) in [7, 11) is 0. The summed E-state index contributed by atoms with van der Waals surface area (Å²) >= 11 is 0. The topological polar surface area (TPSA) is 0 Å². The third-order valence-corrected chi connectivity index (χ3v) is 2.12. The lowest BCUT2D eigenvalue weighted by molar-refractivity contribution is -0.00267. The zero-order valence-electron chi connectivity index (χ0n) is 6.37. The van der Waals surface area contributed by atoms with Gasteiger partial charge >= 0.3 is 0 Å². The Morgan fingerprint density at radius 1 is 1.30 bits per heavy atom. The third-order valence-electron chi connectivity index (χ3n) is 2.12. The highest BCUT2D eigenvalue weighted by Crippen LogP contribution is 2.33. The number of rotatable bonds is 2. The van der Waals surface area contributed by atoms with Crippen molar-refractivity contribution in [3.8, 4) is 0 Å². The first kappa shape index (κ1) is 7.96. The Morgan fingerprint density at radius 3 is 2.20 bits per heavy atom. The largest absolute Gasteiger partial charge is 0.245 e. The molecule has 60 valence electrons. The van der Waals surface area contributed by atoms with Crippen LogP contribution in [0.25, 0.3) is 0 Å². The molecule has 0 N–H and O–H groups in total. The van der Waals surface area contributed by atoms with E-state index in [4.69, 9.17) is 0 Å². The van der Waals surface area contributed by atoms with E-state index in [1.807, 2.05) is 0 Å². The monoisotopic (exact) mass is 148 g/mol. The molecule has 0 unspecified atom stereocenters. The first-order valence-electron chi connectivity index (χ1n) is 3.96. The molecule has 0 bridgehead atoms. The molecule has 0 atom stereocenters. The van der Waals surface area contributed by atoms with Crippen molar-refractivity contribution < 1.29 is 8.78 Å².